The molecule has 0 fully saturated rings. The predicted octanol–water partition coefficient (Wildman–Crippen LogP) is 8.96. The molecule has 0 aliphatic heterocycles. The molecular weight excluding hydrogens is 432 g/mol. The molecule has 0 saturated carbocycles. The fourth-order valence-corrected chi connectivity index (χ4v) is 4.07. The molecule has 0 bridgehead atoms. The van der Waals surface area contributed by atoms with E-state index in [2.05, 4.69) is 11.9 Å². The summed E-state index contributed by atoms with van der Waals surface area (Å²) >= 11 is 0. The Kier molecular flexibility index (Phi) is 8.29. The van der Waals surface area contributed by atoms with Crippen LogP contribution in [0.25, 0.3) is 33.7 Å². The number of benzene rings is 3. The van der Waals surface area contributed by atoms with Crippen LogP contribution < -0.4 is 4.74 Å². The van der Waals surface area contributed by atoms with Gasteiger partial charge in [0.15, 0.2) is 17.1 Å². The van der Waals surface area contributed by atoms with E-state index in [0.29, 0.717) is 23.6 Å². The van der Waals surface area contributed by atoms with Crippen molar-refractivity contribution in [3.63, 3.8) is 0 Å². The normalized spacial score (nSPS) is 11.3. The van der Waals surface area contributed by atoms with Crippen LogP contribution >= 0.6 is 0 Å². The SMILES string of the molecule is CCCCCCCCCCOc1ccc(-c2ccc(-c3nc4ccccc4o3)cc2)c(F)c1F. The third-order valence-electron chi connectivity index (χ3n) is 6.04. The van der Waals surface area contributed by atoms with Gasteiger partial charge in [-0.2, -0.15) is 4.39 Å². The standard InChI is InChI=1S/C29H31F2NO2/c1-2-3-4-5-6-7-8-11-20-33-26-19-18-23(27(30)28(26)31)21-14-16-22(17-15-21)29-32-24-12-9-10-13-25(24)34-29/h9-10,12-19H,2-8,11,20H2,1H3. The van der Waals surface area contributed by atoms with E-state index in [1.54, 1.807) is 30.3 Å². The Morgan fingerprint density at radius 1 is 0.735 bits per heavy atom. The minimum Gasteiger partial charge on any atom is -0.490 e. The first-order valence-corrected chi connectivity index (χ1v) is 12.2. The van der Waals surface area contributed by atoms with Gasteiger partial charge in [0, 0.05) is 11.1 Å². The van der Waals surface area contributed by atoms with E-state index in [9.17, 15) is 8.78 Å². The molecule has 0 radical (unpaired) electrons. The van der Waals surface area contributed by atoms with Crippen LogP contribution in [0.3, 0.4) is 0 Å². The first kappa shape index (κ1) is 23.9. The molecule has 5 heteroatoms. The zero-order chi connectivity index (χ0) is 23.8. The zero-order valence-electron chi connectivity index (χ0n) is 19.7. The number of aromatic nitrogens is 1. The first-order chi connectivity index (χ1) is 16.7. The lowest BCUT2D eigenvalue weighted by Crippen LogP contribution is -2.01. The number of halogens is 2. The molecule has 0 amide bonds. The Morgan fingerprint density at radius 2 is 1.41 bits per heavy atom. The van der Waals surface area contributed by atoms with E-state index in [-0.39, 0.29) is 11.3 Å². The molecule has 3 aromatic carbocycles. The molecule has 0 aliphatic carbocycles. The summed E-state index contributed by atoms with van der Waals surface area (Å²) in [5.41, 5.74) is 3.02. The Bertz CT molecular complexity index is 1170. The number of fused-ring (bicyclic) bond motifs is 1. The van der Waals surface area contributed by atoms with Crippen molar-refractivity contribution in [2.24, 2.45) is 0 Å². The summed E-state index contributed by atoms with van der Waals surface area (Å²) in [7, 11) is 0. The van der Waals surface area contributed by atoms with Gasteiger partial charge in [0.05, 0.1) is 6.61 Å². The lowest BCUT2D eigenvalue weighted by molar-refractivity contribution is 0.285. The van der Waals surface area contributed by atoms with Crippen LogP contribution in [0.4, 0.5) is 8.78 Å². The van der Waals surface area contributed by atoms with Crippen molar-refractivity contribution in [3.8, 4) is 28.3 Å². The largest absolute Gasteiger partial charge is 0.490 e. The maximum Gasteiger partial charge on any atom is 0.227 e. The fraction of sp³-hybridized carbons (Fsp3) is 0.345. The number of hydrogen-bond acceptors (Lipinski definition) is 3. The number of unbranched alkanes of at least 4 members (excludes halogenated alkanes) is 7. The summed E-state index contributed by atoms with van der Waals surface area (Å²) in [4.78, 5) is 4.47. The van der Waals surface area contributed by atoms with Crippen molar-refractivity contribution in [3.05, 3.63) is 72.3 Å². The lowest BCUT2D eigenvalue weighted by atomic mass is 10.0. The van der Waals surface area contributed by atoms with E-state index < -0.39 is 11.6 Å². The number of nitrogens with zero attached hydrogens (tertiary/aromatic N) is 1. The molecule has 178 valence electrons. The van der Waals surface area contributed by atoms with Gasteiger partial charge in [-0.25, -0.2) is 9.37 Å². The van der Waals surface area contributed by atoms with Crippen molar-refractivity contribution in [2.75, 3.05) is 6.61 Å². The van der Waals surface area contributed by atoms with E-state index in [0.717, 1.165) is 30.3 Å². The molecular formula is C29H31F2NO2. The van der Waals surface area contributed by atoms with E-state index in [4.69, 9.17) is 9.15 Å². The van der Waals surface area contributed by atoms with Crippen LogP contribution in [0, 0.1) is 11.6 Å². The molecule has 4 aromatic rings. The van der Waals surface area contributed by atoms with Crippen molar-refractivity contribution < 1.29 is 17.9 Å². The molecule has 0 atom stereocenters. The Hall–Kier alpha value is -3.21. The Labute approximate surface area is 199 Å². The highest BCUT2D eigenvalue weighted by Gasteiger charge is 2.16. The van der Waals surface area contributed by atoms with Crippen molar-refractivity contribution in [2.45, 2.75) is 58.3 Å². The summed E-state index contributed by atoms with van der Waals surface area (Å²) in [6.45, 7) is 2.60. The van der Waals surface area contributed by atoms with Gasteiger partial charge in [-0.3, -0.25) is 0 Å². The van der Waals surface area contributed by atoms with Gasteiger partial charge in [0.1, 0.15) is 5.52 Å². The fourth-order valence-electron chi connectivity index (χ4n) is 4.07. The third-order valence-corrected chi connectivity index (χ3v) is 6.04. The number of hydrogen-bond donors (Lipinski definition) is 0. The van der Waals surface area contributed by atoms with Gasteiger partial charge in [-0.15, -0.1) is 0 Å². The highest BCUT2D eigenvalue weighted by molar-refractivity contribution is 5.76. The highest BCUT2D eigenvalue weighted by atomic mass is 19.2. The molecule has 0 unspecified atom stereocenters. The van der Waals surface area contributed by atoms with Crippen molar-refractivity contribution >= 4 is 11.1 Å². The van der Waals surface area contributed by atoms with Gasteiger partial charge in [0.2, 0.25) is 11.7 Å². The summed E-state index contributed by atoms with van der Waals surface area (Å²) < 4.78 is 40.7. The van der Waals surface area contributed by atoms with Crippen LogP contribution in [0.15, 0.2) is 65.1 Å². The summed E-state index contributed by atoms with van der Waals surface area (Å²) in [6, 6.07) is 17.7. The first-order valence-electron chi connectivity index (χ1n) is 12.2. The summed E-state index contributed by atoms with van der Waals surface area (Å²) in [5, 5.41) is 0. The molecule has 3 nitrogen and oxygen atoms in total. The van der Waals surface area contributed by atoms with Gasteiger partial charge in [0.25, 0.3) is 0 Å². The monoisotopic (exact) mass is 463 g/mol. The third kappa shape index (κ3) is 5.82. The molecule has 4 rings (SSSR count). The average Bonchev–Trinajstić information content (AvgIpc) is 3.30. The highest BCUT2D eigenvalue weighted by Crippen LogP contribution is 2.32. The van der Waals surface area contributed by atoms with E-state index in [1.165, 1.54) is 38.2 Å². The second-order valence-electron chi connectivity index (χ2n) is 8.63. The van der Waals surface area contributed by atoms with Crippen LogP contribution in [0.5, 0.6) is 5.75 Å². The van der Waals surface area contributed by atoms with Gasteiger partial charge in [-0.1, -0.05) is 76.1 Å². The molecule has 34 heavy (non-hydrogen) atoms. The predicted molar refractivity (Wildman–Crippen MR) is 133 cm³/mol. The maximum atomic E-state index is 14.8. The molecule has 1 aromatic heterocycles. The lowest BCUT2D eigenvalue weighted by Gasteiger charge is -2.11. The summed E-state index contributed by atoms with van der Waals surface area (Å²) in [5.74, 6) is -1.39. The van der Waals surface area contributed by atoms with E-state index >= 15 is 0 Å². The molecule has 0 saturated heterocycles. The van der Waals surface area contributed by atoms with Gasteiger partial charge < -0.3 is 9.15 Å². The second-order valence-corrected chi connectivity index (χ2v) is 8.63. The maximum absolute atomic E-state index is 14.8. The molecule has 1 heterocycles. The number of oxazole rings is 1. The quantitative estimate of drug-likeness (QED) is 0.197. The van der Waals surface area contributed by atoms with Crippen molar-refractivity contribution in [1.82, 2.24) is 4.98 Å². The van der Waals surface area contributed by atoms with E-state index in [1.807, 2.05) is 24.3 Å². The molecule has 0 aliphatic rings. The van der Waals surface area contributed by atoms with Crippen LogP contribution in [0.1, 0.15) is 58.3 Å². The molecule has 0 spiro atoms. The number of rotatable bonds is 12. The molecule has 0 N–H and O–H groups in total. The van der Waals surface area contributed by atoms with Crippen LogP contribution in [-0.2, 0) is 0 Å². The average molecular weight is 464 g/mol. The Balaban J connectivity index is 1.34. The number of ether oxygens (including phenoxy) is 1. The van der Waals surface area contributed by atoms with Crippen LogP contribution in [-0.4, -0.2) is 11.6 Å². The zero-order valence-corrected chi connectivity index (χ0v) is 19.7. The van der Waals surface area contributed by atoms with Crippen LogP contribution in [0.2, 0.25) is 0 Å². The second kappa shape index (κ2) is 11.8. The minimum absolute atomic E-state index is 0.0349. The van der Waals surface area contributed by atoms with Crippen molar-refractivity contribution in [1.29, 1.82) is 0 Å². The van der Waals surface area contributed by atoms with Gasteiger partial charge in [-0.05, 0) is 48.4 Å². The summed E-state index contributed by atoms with van der Waals surface area (Å²) in [6.07, 6.45) is 9.38. The number of para-hydroxylation sites is 2. The van der Waals surface area contributed by atoms with Gasteiger partial charge >= 0.3 is 0 Å². The Morgan fingerprint density at radius 3 is 2.15 bits per heavy atom. The minimum atomic E-state index is -0.944. The smallest absolute Gasteiger partial charge is 0.227 e. The topological polar surface area (TPSA) is 35.3 Å².